The molecule has 0 aliphatic rings. The topological polar surface area (TPSA) is 39.2 Å². The van der Waals surface area contributed by atoms with Crippen LogP contribution < -0.4 is 0 Å². The number of pyridine rings is 1. The van der Waals surface area contributed by atoms with Crippen molar-refractivity contribution < 1.29 is 9.53 Å². The van der Waals surface area contributed by atoms with E-state index < -0.39 is 0 Å². The lowest BCUT2D eigenvalue weighted by Crippen LogP contribution is -2.10. The summed E-state index contributed by atoms with van der Waals surface area (Å²) in [5, 5.41) is 0. The number of carbonyl (C=O) groups excluding carboxylic acids is 1. The normalized spacial score (nSPS) is 9.93. The third-order valence-electron chi connectivity index (χ3n) is 1.82. The largest absolute Gasteiger partial charge is 0.461 e. The van der Waals surface area contributed by atoms with Gasteiger partial charge in [0.25, 0.3) is 0 Å². The van der Waals surface area contributed by atoms with Gasteiger partial charge in [-0.15, -0.1) is 0 Å². The Morgan fingerprint density at radius 3 is 2.86 bits per heavy atom. The minimum atomic E-state index is -0.356. The molecule has 1 aromatic heterocycles. The van der Waals surface area contributed by atoms with Gasteiger partial charge < -0.3 is 4.74 Å². The summed E-state index contributed by atoms with van der Waals surface area (Å²) in [4.78, 5) is 15.5. The predicted molar refractivity (Wildman–Crippen MR) is 57.3 cm³/mol. The average Bonchev–Trinajstić information content (AvgIpc) is 2.17. The van der Waals surface area contributed by atoms with Crippen molar-refractivity contribution in [2.24, 2.45) is 0 Å². The number of hydrogen-bond acceptors (Lipinski definition) is 3. The molecular formula is C10H12BrNO2. The lowest BCUT2D eigenvalue weighted by Gasteiger charge is -2.07. The average molecular weight is 258 g/mol. The van der Waals surface area contributed by atoms with Gasteiger partial charge in [0.2, 0.25) is 0 Å². The third-order valence-corrected chi connectivity index (χ3v) is 2.56. The highest BCUT2D eigenvalue weighted by Crippen LogP contribution is 2.19. The number of ether oxygens (including phenoxy) is 1. The molecule has 1 rings (SSSR count). The van der Waals surface area contributed by atoms with Crippen LogP contribution in [0.1, 0.15) is 29.9 Å². The molecule has 0 saturated heterocycles. The predicted octanol–water partition coefficient (Wildman–Crippen LogP) is 2.58. The molecule has 0 bridgehead atoms. The van der Waals surface area contributed by atoms with Gasteiger partial charge in [-0.1, -0.05) is 22.9 Å². The van der Waals surface area contributed by atoms with E-state index in [0.717, 1.165) is 16.5 Å². The zero-order chi connectivity index (χ0) is 10.6. The smallest absolute Gasteiger partial charge is 0.357 e. The number of rotatable bonds is 3. The van der Waals surface area contributed by atoms with Gasteiger partial charge in [0.05, 0.1) is 6.61 Å². The molecule has 1 heterocycles. The van der Waals surface area contributed by atoms with Gasteiger partial charge in [0.15, 0.2) is 5.69 Å². The Morgan fingerprint density at radius 1 is 1.57 bits per heavy atom. The van der Waals surface area contributed by atoms with Crippen LogP contribution in [0, 0.1) is 0 Å². The Balaban J connectivity index is 3.07. The summed E-state index contributed by atoms with van der Waals surface area (Å²) in [6, 6.07) is 1.82. The van der Waals surface area contributed by atoms with E-state index in [1.807, 2.05) is 13.0 Å². The molecule has 0 unspecified atom stereocenters. The Kier molecular flexibility index (Phi) is 4.07. The van der Waals surface area contributed by atoms with E-state index in [1.54, 1.807) is 13.1 Å². The number of halogens is 1. The maximum atomic E-state index is 11.5. The van der Waals surface area contributed by atoms with E-state index in [9.17, 15) is 4.79 Å². The van der Waals surface area contributed by atoms with Crippen LogP contribution in [0.25, 0.3) is 0 Å². The van der Waals surface area contributed by atoms with Gasteiger partial charge in [-0.25, -0.2) is 9.78 Å². The molecule has 0 aromatic carbocycles. The van der Waals surface area contributed by atoms with Crippen LogP contribution >= 0.6 is 15.9 Å². The highest BCUT2D eigenvalue weighted by molar-refractivity contribution is 9.10. The molecule has 0 amide bonds. The summed E-state index contributed by atoms with van der Waals surface area (Å²) in [7, 11) is 0. The summed E-state index contributed by atoms with van der Waals surface area (Å²) >= 11 is 3.38. The molecule has 1 aromatic rings. The first-order valence-electron chi connectivity index (χ1n) is 4.51. The monoisotopic (exact) mass is 257 g/mol. The maximum Gasteiger partial charge on any atom is 0.357 e. The Labute approximate surface area is 91.6 Å². The second-order valence-corrected chi connectivity index (χ2v) is 3.55. The van der Waals surface area contributed by atoms with Gasteiger partial charge >= 0.3 is 5.97 Å². The van der Waals surface area contributed by atoms with E-state index in [4.69, 9.17) is 4.74 Å². The lowest BCUT2D eigenvalue weighted by molar-refractivity contribution is 0.0518. The Hall–Kier alpha value is -0.900. The van der Waals surface area contributed by atoms with Crippen LogP contribution in [0.3, 0.4) is 0 Å². The first-order chi connectivity index (χ1) is 6.70. The number of hydrogen-bond donors (Lipinski definition) is 0. The molecule has 0 aliphatic heterocycles. The van der Waals surface area contributed by atoms with Gasteiger partial charge in [-0.3, -0.25) is 0 Å². The minimum absolute atomic E-state index is 0.356. The van der Waals surface area contributed by atoms with Crippen molar-refractivity contribution in [3.8, 4) is 0 Å². The highest BCUT2D eigenvalue weighted by Gasteiger charge is 2.14. The van der Waals surface area contributed by atoms with Crippen LogP contribution in [0.4, 0.5) is 0 Å². The first kappa shape index (κ1) is 11.2. The fraction of sp³-hybridized carbons (Fsp3) is 0.400. The number of nitrogens with zero attached hydrogens (tertiary/aromatic N) is 1. The molecule has 0 N–H and O–H groups in total. The van der Waals surface area contributed by atoms with E-state index in [2.05, 4.69) is 20.9 Å². The summed E-state index contributed by atoms with van der Waals surface area (Å²) in [5.41, 5.74) is 1.30. The molecule has 0 radical (unpaired) electrons. The fourth-order valence-electron chi connectivity index (χ4n) is 1.18. The van der Waals surface area contributed by atoms with Crippen molar-refractivity contribution in [2.75, 3.05) is 6.61 Å². The van der Waals surface area contributed by atoms with Crippen molar-refractivity contribution in [3.63, 3.8) is 0 Å². The molecule has 0 atom stereocenters. The number of carbonyl (C=O) groups is 1. The summed E-state index contributed by atoms with van der Waals surface area (Å²) in [6.45, 7) is 4.13. The minimum Gasteiger partial charge on any atom is -0.461 e. The third kappa shape index (κ3) is 2.32. The van der Waals surface area contributed by atoms with E-state index in [1.165, 1.54) is 0 Å². The molecule has 0 aliphatic carbocycles. The molecule has 0 spiro atoms. The van der Waals surface area contributed by atoms with Crippen LogP contribution in [0.15, 0.2) is 16.7 Å². The summed E-state index contributed by atoms with van der Waals surface area (Å²) in [6.07, 6.45) is 2.35. The fourth-order valence-corrected chi connectivity index (χ4v) is 1.77. The summed E-state index contributed by atoms with van der Waals surface area (Å²) in [5.74, 6) is -0.356. The van der Waals surface area contributed by atoms with Crippen molar-refractivity contribution >= 4 is 21.9 Å². The van der Waals surface area contributed by atoms with Crippen molar-refractivity contribution in [2.45, 2.75) is 20.3 Å². The summed E-state index contributed by atoms with van der Waals surface area (Å²) < 4.78 is 5.80. The quantitative estimate of drug-likeness (QED) is 0.782. The maximum absolute atomic E-state index is 11.5. The molecule has 4 heteroatoms. The molecule has 0 fully saturated rings. The standard InChI is InChI=1S/C10H12BrNO2/c1-3-7-8(11)5-6-12-9(7)10(13)14-4-2/h5-6H,3-4H2,1-2H3. The first-order valence-corrected chi connectivity index (χ1v) is 5.30. The molecule has 76 valence electrons. The second kappa shape index (κ2) is 5.10. The molecule has 0 saturated carbocycles. The second-order valence-electron chi connectivity index (χ2n) is 2.69. The lowest BCUT2D eigenvalue weighted by atomic mass is 10.1. The van der Waals surface area contributed by atoms with Crippen LogP contribution in [0.5, 0.6) is 0 Å². The Morgan fingerprint density at radius 2 is 2.29 bits per heavy atom. The van der Waals surface area contributed by atoms with E-state index in [-0.39, 0.29) is 5.97 Å². The van der Waals surface area contributed by atoms with Crippen molar-refractivity contribution in [1.29, 1.82) is 0 Å². The van der Waals surface area contributed by atoms with Crippen LogP contribution in [-0.4, -0.2) is 17.6 Å². The number of aromatic nitrogens is 1. The number of esters is 1. The Bertz CT molecular complexity index is 339. The van der Waals surface area contributed by atoms with Crippen molar-refractivity contribution in [1.82, 2.24) is 4.98 Å². The van der Waals surface area contributed by atoms with E-state index >= 15 is 0 Å². The highest BCUT2D eigenvalue weighted by atomic mass is 79.9. The van der Waals surface area contributed by atoms with Crippen LogP contribution in [0.2, 0.25) is 0 Å². The van der Waals surface area contributed by atoms with Gasteiger partial charge in [0.1, 0.15) is 0 Å². The zero-order valence-corrected chi connectivity index (χ0v) is 9.80. The SMILES string of the molecule is CCOC(=O)c1nccc(Br)c1CC. The van der Waals surface area contributed by atoms with Gasteiger partial charge in [-0.2, -0.15) is 0 Å². The van der Waals surface area contributed by atoms with Gasteiger partial charge in [0, 0.05) is 10.7 Å². The van der Waals surface area contributed by atoms with Crippen LogP contribution in [-0.2, 0) is 11.2 Å². The van der Waals surface area contributed by atoms with E-state index in [0.29, 0.717) is 12.3 Å². The zero-order valence-electron chi connectivity index (χ0n) is 8.21. The van der Waals surface area contributed by atoms with Gasteiger partial charge in [-0.05, 0) is 25.0 Å². The molecular weight excluding hydrogens is 246 g/mol. The molecule has 3 nitrogen and oxygen atoms in total. The van der Waals surface area contributed by atoms with Crippen molar-refractivity contribution in [3.05, 3.63) is 28.0 Å². The molecule has 14 heavy (non-hydrogen) atoms.